The average molecular weight is 153 g/mol. The summed E-state index contributed by atoms with van der Waals surface area (Å²) in [7, 11) is 0. The molecule has 0 radical (unpaired) electrons. The standard InChI is InChI=1S/C7H8FN3/c1-2-5-11-7(9)4-3-6(8)10-11/h2-4,9H,1,5H2. The quantitative estimate of drug-likeness (QED) is 0.624. The van der Waals surface area contributed by atoms with E-state index >= 15 is 0 Å². The number of nitrogens with one attached hydrogen (secondary N) is 1. The van der Waals surface area contributed by atoms with Gasteiger partial charge >= 0.3 is 0 Å². The zero-order valence-corrected chi connectivity index (χ0v) is 5.92. The monoisotopic (exact) mass is 153 g/mol. The summed E-state index contributed by atoms with van der Waals surface area (Å²) in [5.41, 5.74) is 0.173. The van der Waals surface area contributed by atoms with Crippen molar-refractivity contribution < 1.29 is 4.39 Å². The Morgan fingerprint density at radius 3 is 3.09 bits per heavy atom. The van der Waals surface area contributed by atoms with Gasteiger partial charge < -0.3 is 0 Å². The lowest BCUT2D eigenvalue weighted by Crippen LogP contribution is -2.22. The van der Waals surface area contributed by atoms with Crippen molar-refractivity contribution in [2.24, 2.45) is 0 Å². The van der Waals surface area contributed by atoms with Gasteiger partial charge in [0.2, 0.25) is 5.95 Å². The second-order valence-electron chi connectivity index (χ2n) is 2.01. The normalized spacial score (nSPS) is 9.55. The van der Waals surface area contributed by atoms with Crippen LogP contribution in [0.3, 0.4) is 0 Å². The number of rotatable bonds is 2. The molecule has 0 amide bonds. The number of hydrogen-bond donors (Lipinski definition) is 1. The third-order valence-corrected chi connectivity index (χ3v) is 1.18. The first kappa shape index (κ1) is 7.65. The maximum atomic E-state index is 12.4. The number of hydrogen-bond acceptors (Lipinski definition) is 2. The van der Waals surface area contributed by atoms with Gasteiger partial charge in [-0.1, -0.05) is 6.08 Å². The second-order valence-corrected chi connectivity index (χ2v) is 2.01. The van der Waals surface area contributed by atoms with E-state index in [0.29, 0.717) is 6.54 Å². The first-order valence-corrected chi connectivity index (χ1v) is 3.13. The molecule has 3 nitrogen and oxygen atoms in total. The molecule has 1 N–H and O–H groups in total. The zero-order chi connectivity index (χ0) is 8.27. The van der Waals surface area contributed by atoms with E-state index in [9.17, 15) is 4.39 Å². The van der Waals surface area contributed by atoms with Gasteiger partial charge in [0.05, 0.1) is 6.54 Å². The fourth-order valence-electron chi connectivity index (χ4n) is 0.698. The van der Waals surface area contributed by atoms with Crippen LogP contribution in [0.1, 0.15) is 0 Å². The van der Waals surface area contributed by atoms with Gasteiger partial charge in [0.25, 0.3) is 0 Å². The molecule has 0 aliphatic heterocycles. The van der Waals surface area contributed by atoms with Crippen molar-refractivity contribution >= 4 is 0 Å². The molecule has 0 atom stereocenters. The molecule has 0 spiro atoms. The third kappa shape index (κ3) is 1.73. The highest BCUT2D eigenvalue weighted by molar-refractivity contribution is 4.86. The van der Waals surface area contributed by atoms with E-state index in [1.54, 1.807) is 6.08 Å². The Bertz CT molecular complexity index is 316. The van der Waals surface area contributed by atoms with Crippen molar-refractivity contribution in [3.63, 3.8) is 0 Å². The largest absolute Gasteiger partial charge is 0.283 e. The van der Waals surface area contributed by atoms with Gasteiger partial charge in [-0.2, -0.15) is 4.39 Å². The van der Waals surface area contributed by atoms with E-state index in [2.05, 4.69) is 11.7 Å². The molecule has 0 saturated carbocycles. The molecule has 11 heavy (non-hydrogen) atoms. The Kier molecular flexibility index (Phi) is 2.15. The zero-order valence-electron chi connectivity index (χ0n) is 5.92. The first-order chi connectivity index (χ1) is 5.24. The van der Waals surface area contributed by atoms with Crippen molar-refractivity contribution in [1.82, 2.24) is 9.78 Å². The van der Waals surface area contributed by atoms with Crippen LogP contribution in [-0.4, -0.2) is 9.78 Å². The van der Waals surface area contributed by atoms with Crippen LogP contribution in [0.4, 0.5) is 4.39 Å². The molecule has 1 aromatic rings. The second kappa shape index (κ2) is 3.09. The Hall–Kier alpha value is -1.45. The van der Waals surface area contributed by atoms with Crippen LogP contribution >= 0.6 is 0 Å². The molecular weight excluding hydrogens is 145 g/mol. The summed E-state index contributed by atoms with van der Waals surface area (Å²) in [6, 6.07) is 2.51. The number of nitrogens with zero attached hydrogens (tertiary/aromatic N) is 2. The van der Waals surface area contributed by atoms with Crippen LogP contribution in [0.2, 0.25) is 0 Å². The summed E-state index contributed by atoms with van der Waals surface area (Å²) in [4.78, 5) is 0. The topological polar surface area (TPSA) is 41.7 Å². The van der Waals surface area contributed by atoms with Crippen molar-refractivity contribution in [3.8, 4) is 0 Å². The predicted octanol–water partition coefficient (Wildman–Crippen LogP) is 0.688. The smallest absolute Gasteiger partial charge is 0.231 e. The summed E-state index contributed by atoms with van der Waals surface area (Å²) in [5.74, 6) is -0.581. The van der Waals surface area contributed by atoms with Crippen LogP contribution in [0.15, 0.2) is 24.8 Å². The maximum absolute atomic E-state index is 12.4. The minimum absolute atomic E-state index is 0.173. The highest BCUT2D eigenvalue weighted by atomic mass is 19.1. The molecular formula is C7H8FN3. The minimum Gasteiger partial charge on any atom is -0.283 e. The average Bonchev–Trinajstić information content (AvgIpc) is 1.98. The molecule has 1 rings (SSSR count). The first-order valence-electron chi connectivity index (χ1n) is 3.13. The van der Waals surface area contributed by atoms with Gasteiger partial charge in [0.15, 0.2) is 0 Å². The fourth-order valence-corrected chi connectivity index (χ4v) is 0.698. The third-order valence-electron chi connectivity index (χ3n) is 1.18. The highest BCUT2D eigenvalue weighted by Gasteiger charge is 1.93. The van der Waals surface area contributed by atoms with Crippen molar-refractivity contribution in [2.75, 3.05) is 0 Å². The van der Waals surface area contributed by atoms with E-state index in [-0.39, 0.29) is 5.49 Å². The van der Waals surface area contributed by atoms with Gasteiger partial charge in [-0.3, -0.25) is 5.41 Å². The van der Waals surface area contributed by atoms with Gasteiger partial charge in [-0.25, -0.2) is 4.68 Å². The Labute approximate surface area is 63.3 Å². The minimum atomic E-state index is -0.581. The van der Waals surface area contributed by atoms with Crippen LogP contribution in [0.25, 0.3) is 0 Å². The van der Waals surface area contributed by atoms with Crippen molar-refractivity contribution in [2.45, 2.75) is 6.54 Å². The lowest BCUT2D eigenvalue weighted by molar-refractivity contribution is 0.497. The van der Waals surface area contributed by atoms with E-state index in [0.717, 1.165) is 6.07 Å². The fraction of sp³-hybridized carbons (Fsp3) is 0.143. The molecule has 1 heterocycles. The number of halogens is 1. The summed E-state index contributed by atoms with van der Waals surface area (Å²) in [5, 5.41) is 10.7. The van der Waals surface area contributed by atoms with E-state index < -0.39 is 5.95 Å². The summed E-state index contributed by atoms with van der Waals surface area (Å²) in [6.07, 6.45) is 1.56. The van der Waals surface area contributed by atoms with Gasteiger partial charge in [-0.15, -0.1) is 11.7 Å². The molecule has 0 aromatic carbocycles. The molecule has 0 bridgehead atoms. The molecule has 0 aliphatic carbocycles. The molecule has 0 fully saturated rings. The van der Waals surface area contributed by atoms with Crippen molar-refractivity contribution in [3.05, 3.63) is 36.2 Å². The molecule has 4 heteroatoms. The van der Waals surface area contributed by atoms with Gasteiger partial charge in [-0.05, 0) is 12.1 Å². The van der Waals surface area contributed by atoms with Gasteiger partial charge in [0, 0.05) is 0 Å². The Morgan fingerprint density at radius 2 is 2.45 bits per heavy atom. The summed E-state index contributed by atoms with van der Waals surface area (Å²) < 4.78 is 13.6. The molecule has 0 aliphatic rings. The SMILES string of the molecule is C=CCn1nc(F)ccc1=N. The van der Waals surface area contributed by atoms with E-state index in [1.807, 2.05) is 0 Å². The number of aromatic nitrogens is 2. The Morgan fingerprint density at radius 1 is 1.73 bits per heavy atom. The van der Waals surface area contributed by atoms with Crippen LogP contribution < -0.4 is 5.49 Å². The lowest BCUT2D eigenvalue weighted by Gasteiger charge is -1.99. The Balaban J connectivity index is 3.12. The van der Waals surface area contributed by atoms with Gasteiger partial charge in [0.1, 0.15) is 5.49 Å². The van der Waals surface area contributed by atoms with Crippen LogP contribution in [-0.2, 0) is 6.54 Å². The van der Waals surface area contributed by atoms with Crippen LogP contribution in [0, 0.1) is 11.4 Å². The summed E-state index contributed by atoms with van der Waals surface area (Å²) >= 11 is 0. The molecule has 1 aromatic heterocycles. The summed E-state index contributed by atoms with van der Waals surface area (Å²) in [6.45, 7) is 3.82. The lowest BCUT2D eigenvalue weighted by atomic mass is 10.5. The van der Waals surface area contributed by atoms with Crippen LogP contribution in [0.5, 0.6) is 0 Å². The molecule has 58 valence electrons. The van der Waals surface area contributed by atoms with Crippen molar-refractivity contribution in [1.29, 1.82) is 5.41 Å². The molecule has 0 unspecified atom stereocenters. The predicted molar refractivity (Wildman–Crippen MR) is 38.2 cm³/mol. The van der Waals surface area contributed by atoms with E-state index in [1.165, 1.54) is 10.7 Å². The highest BCUT2D eigenvalue weighted by Crippen LogP contribution is 1.85. The maximum Gasteiger partial charge on any atom is 0.231 e. The van der Waals surface area contributed by atoms with E-state index in [4.69, 9.17) is 5.41 Å². The molecule has 0 saturated heterocycles. The number of allylic oxidation sites excluding steroid dienone is 1.